The third kappa shape index (κ3) is 3.37. The molecule has 1 aliphatic heterocycles. The molecule has 0 spiro atoms. The van der Waals surface area contributed by atoms with Crippen molar-refractivity contribution in [3.8, 4) is 5.75 Å². The van der Waals surface area contributed by atoms with Gasteiger partial charge in [-0.05, 0) is 30.9 Å². The van der Waals surface area contributed by atoms with Crippen LogP contribution in [0.1, 0.15) is 12.8 Å². The van der Waals surface area contributed by atoms with E-state index in [1.165, 1.54) is 0 Å². The molecule has 0 amide bonds. The Balaban J connectivity index is 1.99. The molecule has 4 heteroatoms. The molecule has 1 aromatic carbocycles. The van der Waals surface area contributed by atoms with E-state index >= 15 is 0 Å². The van der Waals surface area contributed by atoms with Crippen molar-refractivity contribution < 1.29 is 9.47 Å². The Hall–Kier alpha value is -1.26. The van der Waals surface area contributed by atoms with Gasteiger partial charge in [-0.25, -0.2) is 0 Å². The van der Waals surface area contributed by atoms with Gasteiger partial charge in [-0.1, -0.05) is 6.07 Å². The lowest BCUT2D eigenvalue weighted by molar-refractivity contribution is 0.0613. The van der Waals surface area contributed by atoms with Crippen LogP contribution in [0.3, 0.4) is 0 Å². The molecule has 0 bridgehead atoms. The molecular formula is C14H22N2O2. The first kappa shape index (κ1) is 13.2. The van der Waals surface area contributed by atoms with Crippen LogP contribution in [0.5, 0.6) is 5.75 Å². The zero-order valence-corrected chi connectivity index (χ0v) is 10.9. The van der Waals surface area contributed by atoms with Crippen molar-refractivity contribution in [1.29, 1.82) is 0 Å². The predicted octanol–water partition coefficient (Wildman–Crippen LogP) is 1.86. The van der Waals surface area contributed by atoms with E-state index in [-0.39, 0.29) is 0 Å². The van der Waals surface area contributed by atoms with Gasteiger partial charge in [0.1, 0.15) is 5.75 Å². The molecule has 1 fully saturated rings. The van der Waals surface area contributed by atoms with Crippen molar-refractivity contribution in [2.45, 2.75) is 18.9 Å². The largest absolute Gasteiger partial charge is 0.497 e. The van der Waals surface area contributed by atoms with E-state index in [9.17, 15) is 0 Å². The molecule has 1 unspecified atom stereocenters. The summed E-state index contributed by atoms with van der Waals surface area (Å²) in [6.45, 7) is 2.34. The molecule has 3 N–H and O–H groups in total. The molecule has 2 rings (SSSR count). The van der Waals surface area contributed by atoms with E-state index < -0.39 is 0 Å². The summed E-state index contributed by atoms with van der Waals surface area (Å²) in [6.07, 6.45) is 2.16. The molecule has 0 aliphatic carbocycles. The predicted molar refractivity (Wildman–Crippen MR) is 73.0 cm³/mol. The third-order valence-electron chi connectivity index (χ3n) is 3.51. The molecule has 1 heterocycles. The number of nitrogens with one attached hydrogen (secondary N) is 1. The number of rotatable bonds is 5. The Morgan fingerprint density at radius 2 is 2.22 bits per heavy atom. The van der Waals surface area contributed by atoms with E-state index in [1.54, 1.807) is 7.11 Å². The molecule has 1 aromatic rings. The lowest BCUT2D eigenvalue weighted by atomic mass is 9.91. The third-order valence-corrected chi connectivity index (χ3v) is 3.51. The maximum absolute atomic E-state index is 5.89. The van der Waals surface area contributed by atoms with Gasteiger partial charge in [0.2, 0.25) is 0 Å². The summed E-state index contributed by atoms with van der Waals surface area (Å²) in [4.78, 5) is 0. The van der Waals surface area contributed by atoms with Crippen molar-refractivity contribution in [1.82, 2.24) is 0 Å². The van der Waals surface area contributed by atoms with Crippen LogP contribution in [0, 0.1) is 5.92 Å². The van der Waals surface area contributed by atoms with Crippen LogP contribution in [-0.2, 0) is 4.74 Å². The monoisotopic (exact) mass is 250 g/mol. The minimum atomic E-state index is 0.306. The fraction of sp³-hybridized carbons (Fsp3) is 0.571. The molecule has 0 aromatic heterocycles. The van der Waals surface area contributed by atoms with Gasteiger partial charge in [0, 0.05) is 37.6 Å². The topological polar surface area (TPSA) is 56.5 Å². The van der Waals surface area contributed by atoms with Crippen LogP contribution in [0.2, 0.25) is 0 Å². The summed E-state index contributed by atoms with van der Waals surface area (Å²) in [7, 11) is 1.68. The van der Waals surface area contributed by atoms with Crippen molar-refractivity contribution in [3.63, 3.8) is 0 Å². The molecule has 1 saturated heterocycles. The Kier molecular flexibility index (Phi) is 4.84. The van der Waals surface area contributed by atoms with Gasteiger partial charge in [0.15, 0.2) is 0 Å². The molecule has 1 atom stereocenters. The summed E-state index contributed by atoms with van der Waals surface area (Å²) in [5.74, 6) is 1.46. The SMILES string of the molecule is COc1cccc(NC(CN)C2CCOCC2)c1. The first-order chi connectivity index (χ1) is 8.83. The molecule has 0 saturated carbocycles. The van der Waals surface area contributed by atoms with Gasteiger partial charge in [-0.2, -0.15) is 0 Å². The molecule has 4 nitrogen and oxygen atoms in total. The number of nitrogens with two attached hydrogens (primary N) is 1. The zero-order valence-electron chi connectivity index (χ0n) is 10.9. The highest BCUT2D eigenvalue weighted by Gasteiger charge is 2.22. The van der Waals surface area contributed by atoms with E-state index in [2.05, 4.69) is 5.32 Å². The maximum atomic E-state index is 5.89. The van der Waals surface area contributed by atoms with Crippen molar-refractivity contribution >= 4 is 5.69 Å². The van der Waals surface area contributed by atoms with Gasteiger partial charge >= 0.3 is 0 Å². The van der Waals surface area contributed by atoms with Gasteiger partial charge in [0.05, 0.1) is 7.11 Å². The van der Waals surface area contributed by atoms with E-state index in [0.717, 1.165) is 37.5 Å². The highest BCUT2D eigenvalue weighted by atomic mass is 16.5. The maximum Gasteiger partial charge on any atom is 0.120 e. The fourth-order valence-corrected chi connectivity index (χ4v) is 2.41. The Morgan fingerprint density at radius 3 is 2.89 bits per heavy atom. The number of hydrogen-bond donors (Lipinski definition) is 2. The molecule has 100 valence electrons. The van der Waals surface area contributed by atoms with E-state index in [1.807, 2.05) is 24.3 Å². The van der Waals surface area contributed by atoms with E-state index in [4.69, 9.17) is 15.2 Å². The standard InChI is InChI=1S/C14H22N2O2/c1-17-13-4-2-3-12(9-13)16-14(10-15)11-5-7-18-8-6-11/h2-4,9,11,14,16H,5-8,10,15H2,1H3. The smallest absolute Gasteiger partial charge is 0.120 e. The van der Waals surface area contributed by atoms with Gasteiger partial charge in [0.25, 0.3) is 0 Å². The lowest BCUT2D eigenvalue weighted by Gasteiger charge is -2.30. The van der Waals surface area contributed by atoms with Crippen molar-refractivity contribution in [3.05, 3.63) is 24.3 Å². The summed E-state index contributed by atoms with van der Waals surface area (Å²) in [5.41, 5.74) is 6.95. The summed E-state index contributed by atoms with van der Waals surface area (Å²) in [5, 5.41) is 3.51. The summed E-state index contributed by atoms with van der Waals surface area (Å²) >= 11 is 0. The van der Waals surface area contributed by atoms with Crippen LogP contribution in [0.15, 0.2) is 24.3 Å². The van der Waals surface area contributed by atoms with Gasteiger partial charge < -0.3 is 20.5 Å². The quantitative estimate of drug-likeness (QED) is 0.837. The first-order valence-electron chi connectivity index (χ1n) is 6.52. The Morgan fingerprint density at radius 1 is 1.44 bits per heavy atom. The minimum absolute atomic E-state index is 0.306. The average Bonchev–Trinajstić information content (AvgIpc) is 2.46. The van der Waals surface area contributed by atoms with Gasteiger partial charge in [-0.3, -0.25) is 0 Å². The normalized spacial score (nSPS) is 18.3. The molecular weight excluding hydrogens is 228 g/mol. The zero-order chi connectivity index (χ0) is 12.8. The van der Waals surface area contributed by atoms with E-state index in [0.29, 0.717) is 18.5 Å². The van der Waals surface area contributed by atoms with Crippen LogP contribution >= 0.6 is 0 Å². The summed E-state index contributed by atoms with van der Waals surface area (Å²) < 4.78 is 10.6. The van der Waals surface area contributed by atoms with Crippen molar-refractivity contribution in [2.24, 2.45) is 11.7 Å². The van der Waals surface area contributed by atoms with Crippen LogP contribution in [0.4, 0.5) is 5.69 Å². The number of anilines is 1. The second-order valence-corrected chi connectivity index (χ2v) is 4.67. The lowest BCUT2D eigenvalue weighted by Crippen LogP contribution is -2.39. The van der Waals surface area contributed by atoms with Crippen LogP contribution < -0.4 is 15.8 Å². The molecule has 0 radical (unpaired) electrons. The highest BCUT2D eigenvalue weighted by molar-refractivity contribution is 5.49. The highest BCUT2D eigenvalue weighted by Crippen LogP contribution is 2.23. The minimum Gasteiger partial charge on any atom is -0.497 e. The number of ether oxygens (including phenoxy) is 2. The first-order valence-corrected chi connectivity index (χ1v) is 6.52. The van der Waals surface area contributed by atoms with Crippen LogP contribution in [-0.4, -0.2) is 32.9 Å². The average molecular weight is 250 g/mol. The molecule has 1 aliphatic rings. The number of hydrogen-bond acceptors (Lipinski definition) is 4. The second-order valence-electron chi connectivity index (χ2n) is 4.67. The molecule has 18 heavy (non-hydrogen) atoms. The van der Waals surface area contributed by atoms with Crippen molar-refractivity contribution in [2.75, 3.05) is 32.2 Å². The number of benzene rings is 1. The Labute approximate surface area is 108 Å². The van der Waals surface area contributed by atoms with Crippen LogP contribution in [0.25, 0.3) is 0 Å². The second kappa shape index (κ2) is 6.61. The fourth-order valence-electron chi connectivity index (χ4n) is 2.41. The van der Waals surface area contributed by atoms with Gasteiger partial charge in [-0.15, -0.1) is 0 Å². The summed E-state index contributed by atoms with van der Waals surface area (Å²) in [6, 6.07) is 8.28. The number of methoxy groups -OCH3 is 1. The Bertz CT molecular complexity index is 365.